The van der Waals surface area contributed by atoms with E-state index in [0.29, 0.717) is 169 Å². The van der Waals surface area contributed by atoms with E-state index in [9.17, 15) is 22.0 Å². The zero-order valence-corrected chi connectivity index (χ0v) is 74.0. The quantitative estimate of drug-likeness (QED) is 0.0317. The van der Waals surface area contributed by atoms with Crippen LogP contribution in [0.2, 0.25) is 5.02 Å². The van der Waals surface area contributed by atoms with Gasteiger partial charge in [-0.3, -0.25) is 0 Å². The molecule has 20 nitrogen and oxygen atoms in total. The summed E-state index contributed by atoms with van der Waals surface area (Å²) in [6.07, 6.45) is 38.5. The smallest absolute Gasteiger partial charge is 0.168 e. The number of ether oxygens (including phenoxy) is 5. The van der Waals surface area contributed by atoms with Crippen LogP contribution in [0.5, 0.6) is 0 Å². The van der Waals surface area contributed by atoms with Crippen molar-refractivity contribution in [2.45, 2.75) is 365 Å². The summed E-state index contributed by atoms with van der Waals surface area (Å²) in [6, 6.07) is 37.1. The molecule has 682 valence electrons. The molecule has 10 saturated heterocycles. The van der Waals surface area contributed by atoms with E-state index < -0.39 is 23.3 Å². The summed E-state index contributed by atoms with van der Waals surface area (Å²) in [5.74, 6) is 4.21. The molecule has 5 aromatic carbocycles. The number of hydrogen-bond acceptors (Lipinski definition) is 20. The van der Waals surface area contributed by atoms with Gasteiger partial charge in [0.1, 0.15) is 74.7 Å². The largest absolute Gasteiger partial charge is 0.373 e. The van der Waals surface area contributed by atoms with E-state index in [1.165, 1.54) is 144 Å². The Bertz CT molecular complexity index is 5390. The van der Waals surface area contributed by atoms with Crippen LogP contribution in [0.4, 0.5) is 22.0 Å². The van der Waals surface area contributed by atoms with Crippen molar-refractivity contribution in [3.8, 4) is 56.3 Å². The number of nitrogens with zero attached hydrogens (tertiary/aromatic N) is 5. The van der Waals surface area contributed by atoms with Gasteiger partial charge >= 0.3 is 0 Å². The van der Waals surface area contributed by atoms with Crippen LogP contribution in [-0.4, -0.2) is 117 Å². The van der Waals surface area contributed by atoms with Crippen molar-refractivity contribution in [2.24, 2.45) is 0 Å². The SMILES string of the molecule is Clc1ccccc1-c1noc(C2CC2)c1COC1CC2CC[C@@H](C1)N2.Fc1ccc(-c2noc(C3CC3)c2COC2CC3CC[C@@H](C2)N3)c(F)c1.Fc1cccc(-c2noc(C3CC3)c2COC2CC3CC[C@@H](C2)N3)c1F.Fc1ccccc1-c1noc(C2CC2)c1COC1CC2CC[C@@H](C1)N2.c1ccc(C2CC2)c(-c2noc(C3CC3)c2COC2CC3CC[C@@H](C2)N3)c1. The molecule has 129 heavy (non-hydrogen) atoms. The van der Waals surface area contributed by atoms with Gasteiger partial charge < -0.3 is 72.9 Å². The lowest BCUT2D eigenvalue weighted by Gasteiger charge is -2.29. The van der Waals surface area contributed by atoms with Crippen molar-refractivity contribution in [2.75, 3.05) is 0 Å². The van der Waals surface area contributed by atoms with Crippen molar-refractivity contribution < 1.29 is 68.3 Å². The fourth-order valence-electron chi connectivity index (χ4n) is 22.5. The first-order chi connectivity index (χ1) is 63.3. The maximum atomic E-state index is 14.3. The summed E-state index contributed by atoms with van der Waals surface area (Å²) < 4.78 is 130. The average Bonchev–Trinajstić information content (AvgIpc) is 1.63. The van der Waals surface area contributed by atoms with E-state index in [2.05, 4.69) is 76.6 Å². The summed E-state index contributed by atoms with van der Waals surface area (Å²) in [4.78, 5) is 0. The van der Waals surface area contributed by atoms with Crippen molar-refractivity contribution in [1.29, 1.82) is 0 Å². The van der Waals surface area contributed by atoms with Crippen LogP contribution in [0.25, 0.3) is 56.3 Å². The molecular formula is C103H118ClF5N10O10. The first-order valence-corrected chi connectivity index (χ1v) is 48.9. The van der Waals surface area contributed by atoms with Gasteiger partial charge in [-0.1, -0.05) is 98.0 Å². The van der Waals surface area contributed by atoms with Gasteiger partial charge in [0.05, 0.1) is 68.6 Å². The van der Waals surface area contributed by atoms with Gasteiger partial charge in [-0.2, -0.15) is 0 Å². The Hall–Kier alpha value is -8.31. The van der Waals surface area contributed by atoms with E-state index in [1.807, 2.05) is 30.3 Å². The molecule has 16 aliphatic rings. The number of benzene rings is 5. The predicted octanol–water partition coefficient (Wildman–Crippen LogP) is 22.3. The zero-order valence-electron chi connectivity index (χ0n) is 73.3. The van der Waals surface area contributed by atoms with Gasteiger partial charge in [0.15, 0.2) is 11.6 Å². The number of nitrogens with one attached hydrogen (secondary N) is 5. The Balaban J connectivity index is 0.0000000948. The van der Waals surface area contributed by atoms with Crippen LogP contribution < -0.4 is 26.6 Å². The minimum absolute atomic E-state index is 0.143. The second-order valence-electron chi connectivity index (χ2n) is 40.0. The Morgan fingerprint density at radius 2 is 0.543 bits per heavy atom. The molecule has 10 aliphatic heterocycles. The van der Waals surface area contributed by atoms with Gasteiger partial charge in [-0.05, 0) is 259 Å². The predicted molar refractivity (Wildman–Crippen MR) is 475 cm³/mol. The van der Waals surface area contributed by atoms with Crippen molar-refractivity contribution in [3.63, 3.8) is 0 Å². The molecular weight excluding hydrogens is 1670 g/mol. The number of piperidine rings is 5. The zero-order chi connectivity index (χ0) is 86.7. The average molecular weight is 1790 g/mol. The standard InChI is InChI=1S/C23H28N2O2.C20H23ClN2O2.2C20H22F2N2O2.C20H23FN2O2/c1-2-4-20(19(3-1)14-5-6-14)22-21(23(27-25-22)15-7-8-15)13-26-18-11-16-9-10-17(12-18)24-16;21-18-4-2-1-3-16(18)19-17(20(25-23-19)12-5-6-12)11-24-15-9-13-7-8-14(10-15)22-13;21-12-3-6-16(18(22)7-12)19-17(20(26-24-19)11-1-2-11)10-25-15-8-13-4-5-14(9-15)23-13;21-17-3-1-2-15(18(17)22)19-16(20(26-24-19)11-4-5-11)10-25-14-8-12-6-7-13(9-14)23-12;21-18-4-2-1-3-16(18)19-17(20(25-23-19)12-5-6-12)11-24-15-9-13-7-8-14(10-15)22-13/h1-4,14-18,24H,5-13H2;1-4,12-15,22H,5-11H2;3,6-7,11,13-15,23H,1-2,4-5,8-10H2;1-3,11-14,23H,4-10H2;1-4,12-15,22H,5-11H2/t16-,17?,18?;2*13-,14?,15?;12-,13?,14?;13-,14?,15?/m00000/s1. The fraction of sp³-hybridized carbons (Fsp3) is 0.563. The van der Waals surface area contributed by atoms with Crippen molar-refractivity contribution >= 4 is 11.6 Å². The van der Waals surface area contributed by atoms with Gasteiger partial charge in [-0.25, -0.2) is 22.0 Å². The molecule has 0 radical (unpaired) electrons. The summed E-state index contributed by atoms with van der Waals surface area (Å²) >= 11 is 6.40. The second kappa shape index (κ2) is 38.0. The molecule has 6 saturated carbocycles. The summed E-state index contributed by atoms with van der Waals surface area (Å²) in [5.41, 5.74) is 12.7. The van der Waals surface area contributed by atoms with Crippen molar-refractivity contribution in [1.82, 2.24) is 52.4 Å². The number of fused-ring (bicyclic) bond motifs is 10. The number of rotatable bonds is 26. The highest BCUT2D eigenvalue weighted by Gasteiger charge is 2.45. The molecule has 0 amide bonds. The van der Waals surface area contributed by atoms with Crippen molar-refractivity contribution in [3.05, 3.63) is 205 Å². The maximum Gasteiger partial charge on any atom is 0.168 e. The lowest BCUT2D eigenvalue weighted by molar-refractivity contribution is 0.00857. The molecule has 0 spiro atoms. The topological polar surface area (TPSA) is 236 Å². The molecule has 26 heteroatoms. The van der Waals surface area contributed by atoms with Gasteiger partial charge in [0, 0.05) is 152 Å². The van der Waals surface area contributed by atoms with Gasteiger partial charge in [0.2, 0.25) is 0 Å². The molecule has 26 rings (SSSR count). The Morgan fingerprint density at radius 3 is 0.868 bits per heavy atom. The normalized spacial score (nSPS) is 28.5. The van der Waals surface area contributed by atoms with E-state index in [-0.39, 0.29) is 35.3 Å². The van der Waals surface area contributed by atoms with E-state index in [1.54, 1.807) is 18.2 Å². The molecule has 10 unspecified atom stereocenters. The minimum atomic E-state index is -0.885. The first kappa shape index (κ1) is 86.1. The molecule has 5 N–H and O–H groups in total. The third-order valence-corrected chi connectivity index (χ3v) is 30.5. The highest BCUT2D eigenvalue weighted by Crippen LogP contribution is 2.53. The molecule has 10 bridgehead atoms. The van der Waals surface area contributed by atoms with Crippen LogP contribution in [0.3, 0.4) is 0 Å². The third kappa shape index (κ3) is 19.9. The summed E-state index contributed by atoms with van der Waals surface area (Å²) in [5, 5.41) is 40.3. The van der Waals surface area contributed by atoms with Gasteiger partial charge in [0.25, 0.3) is 0 Å². The van der Waals surface area contributed by atoms with Gasteiger partial charge in [-0.15, -0.1) is 0 Å². The lowest BCUT2D eigenvalue weighted by atomic mass is 9.97. The third-order valence-electron chi connectivity index (χ3n) is 30.2. The summed E-state index contributed by atoms with van der Waals surface area (Å²) in [6.45, 7) is 2.38. The maximum absolute atomic E-state index is 14.3. The molecule has 15 atom stereocenters. The molecule has 10 aromatic rings. The fourth-order valence-corrected chi connectivity index (χ4v) is 22.8. The van der Waals surface area contributed by atoms with Crippen LogP contribution in [0, 0.1) is 29.1 Å². The minimum Gasteiger partial charge on any atom is -0.373 e. The monoisotopic (exact) mass is 1780 g/mol. The van der Waals surface area contributed by atoms with Crippen LogP contribution in [-0.2, 0) is 56.7 Å². The number of halogens is 6. The second-order valence-corrected chi connectivity index (χ2v) is 40.4. The molecule has 6 aliphatic carbocycles. The summed E-state index contributed by atoms with van der Waals surface area (Å²) in [7, 11) is 0. The lowest BCUT2D eigenvalue weighted by Crippen LogP contribution is -2.41. The van der Waals surface area contributed by atoms with E-state index >= 15 is 0 Å². The molecule has 15 heterocycles. The molecule has 16 fully saturated rings. The van der Waals surface area contributed by atoms with Crippen LogP contribution in [0.15, 0.2) is 132 Å². The molecule has 5 aromatic heterocycles. The van der Waals surface area contributed by atoms with Crippen LogP contribution in [0.1, 0.15) is 303 Å². The van der Waals surface area contributed by atoms with Crippen LogP contribution >= 0.6 is 11.6 Å². The van der Waals surface area contributed by atoms with E-state index in [4.69, 9.17) is 57.9 Å². The Labute approximate surface area is 754 Å². The Kier molecular flexibility index (Phi) is 25.4. The Morgan fingerprint density at radius 1 is 0.271 bits per heavy atom. The highest BCUT2D eigenvalue weighted by atomic mass is 35.5. The highest BCUT2D eigenvalue weighted by molar-refractivity contribution is 6.33. The number of aromatic nitrogens is 5. The van der Waals surface area contributed by atoms with E-state index in [0.717, 1.165) is 183 Å². The first-order valence-electron chi connectivity index (χ1n) is 48.6. The number of hydrogen-bond donors (Lipinski definition) is 5.